The standard InChI is InChI=1S/C13H22N2O2/c1-10(2)15(8-12(17)9-16)7-11-5-3-4-6-13(11)14/h3-6,10,12,16-17H,7-9,14H2,1-2H3. The summed E-state index contributed by atoms with van der Waals surface area (Å²) in [6.07, 6.45) is -0.706. The van der Waals surface area contributed by atoms with E-state index in [2.05, 4.69) is 18.7 Å². The molecule has 1 atom stereocenters. The molecule has 0 aliphatic rings. The van der Waals surface area contributed by atoms with Crippen LogP contribution in [0.2, 0.25) is 0 Å². The monoisotopic (exact) mass is 238 g/mol. The van der Waals surface area contributed by atoms with E-state index in [1.54, 1.807) is 0 Å². The fourth-order valence-electron chi connectivity index (χ4n) is 1.68. The van der Waals surface area contributed by atoms with E-state index < -0.39 is 6.10 Å². The van der Waals surface area contributed by atoms with Gasteiger partial charge < -0.3 is 15.9 Å². The third-order valence-corrected chi connectivity index (χ3v) is 2.81. The third-order valence-electron chi connectivity index (χ3n) is 2.81. The van der Waals surface area contributed by atoms with Crippen LogP contribution in [0.15, 0.2) is 24.3 Å². The van der Waals surface area contributed by atoms with Gasteiger partial charge in [0.05, 0.1) is 12.7 Å². The zero-order chi connectivity index (χ0) is 12.8. The summed E-state index contributed by atoms with van der Waals surface area (Å²) < 4.78 is 0. The summed E-state index contributed by atoms with van der Waals surface area (Å²) in [6, 6.07) is 8.00. The van der Waals surface area contributed by atoms with E-state index in [9.17, 15) is 5.11 Å². The lowest BCUT2D eigenvalue weighted by Crippen LogP contribution is -2.38. The van der Waals surface area contributed by atoms with E-state index in [0.717, 1.165) is 11.3 Å². The Kier molecular flexibility index (Phi) is 5.41. The highest BCUT2D eigenvalue weighted by molar-refractivity contribution is 5.46. The average molecular weight is 238 g/mol. The van der Waals surface area contributed by atoms with Gasteiger partial charge in [0.15, 0.2) is 0 Å². The van der Waals surface area contributed by atoms with Gasteiger partial charge in [-0.1, -0.05) is 18.2 Å². The lowest BCUT2D eigenvalue weighted by molar-refractivity contribution is 0.0465. The molecule has 0 heterocycles. The topological polar surface area (TPSA) is 69.7 Å². The number of aliphatic hydroxyl groups is 2. The molecule has 4 N–H and O–H groups in total. The van der Waals surface area contributed by atoms with Crippen molar-refractivity contribution in [1.29, 1.82) is 0 Å². The first kappa shape index (κ1) is 14.0. The average Bonchev–Trinajstić information content (AvgIpc) is 2.30. The molecule has 0 aromatic heterocycles. The Hall–Kier alpha value is -1.10. The molecule has 0 bridgehead atoms. The van der Waals surface area contributed by atoms with Gasteiger partial charge in [0.25, 0.3) is 0 Å². The lowest BCUT2D eigenvalue weighted by atomic mass is 10.1. The normalized spacial score (nSPS) is 13.3. The smallest absolute Gasteiger partial charge is 0.0897 e. The Morgan fingerprint density at radius 1 is 1.29 bits per heavy atom. The van der Waals surface area contributed by atoms with Gasteiger partial charge in [0.1, 0.15) is 0 Å². The van der Waals surface area contributed by atoms with Gasteiger partial charge in [0.2, 0.25) is 0 Å². The van der Waals surface area contributed by atoms with E-state index in [1.807, 2.05) is 24.3 Å². The molecular formula is C13H22N2O2. The summed E-state index contributed by atoms with van der Waals surface area (Å²) in [5, 5.41) is 18.4. The fraction of sp³-hybridized carbons (Fsp3) is 0.538. The van der Waals surface area contributed by atoms with Crippen LogP contribution in [-0.2, 0) is 6.54 Å². The van der Waals surface area contributed by atoms with Crippen LogP contribution in [0.4, 0.5) is 5.69 Å². The van der Waals surface area contributed by atoms with Crippen LogP contribution >= 0.6 is 0 Å². The minimum absolute atomic E-state index is 0.215. The number of para-hydroxylation sites is 1. The summed E-state index contributed by atoms with van der Waals surface area (Å²) in [5.41, 5.74) is 7.70. The van der Waals surface area contributed by atoms with E-state index in [0.29, 0.717) is 13.1 Å². The zero-order valence-electron chi connectivity index (χ0n) is 10.5. The van der Waals surface area contributed by atoms with E-state index in [4.69, 9.17) is 10.8 Å². The van der Waals surface area contributed by atoms with Crippen LogP contribution in [-0.4, -0.2) is 40.4 Å². The van der Waals surface area contributed by atoms with E-state index >= 15 is 0 Å². The van der Waals surface area contributed by atoms with Crippen molar-refractivity contribution >= 4 is 5.69 Å². The first-order chi connectivity index (χ1) is 8.04. The summed E-state index contributed by atoms with van der Waals surface area (Å²) >= 11 is 0. The van der Waals surface area contributed by atoms with E-state index in [-0.39, 0.29) is 12.6 Å². The number of rotatable bonds is 6. The summed E-state index contributed by atoms with van der Waals surface area (Å²) in [5.74, 6) is 0. The maximum atomic E-state index is 9.50. The molecule has 1 aromatic carbocycles. The van der Waals surface area contributed by atoms with Gasteiger partial charge in [-0.3, -0.25) is 4.90 Å². The number of hydrogen-bond donors (Lipinski definition) is 3. The highest BCUT2D eigenvalue weighted by Crippen LogP contribution is 2.15. The summed E-state index contributed by atoms with van der Waals surface area (Å²) in [6.45, 7) is 5.03. The number of anilines is 1. The Labute approximate surface area is 103 Å². The highest BCUT2D eigenvalue weighted by atomic mass is 16.3. The van der Waals surface area contributed by atoms with Gasteiger partial charge in [-0.2, -0.15) is 0 Å². The van der Waals surface area contributed by atoms with Gasteiger partial charge >= 0.3 is 0 Å². The molecule has 0 fully saturated rings. The molecular weight excluding hydrogens is 216 g/mol. The molecule has 4 heteroatoms. The van der Waals surface area contributed by atoms with Crippen molar-refractivity contribution in [2.24, 2.45) is 0 Å². The predicted octanol–water partition coefficient (Wildman–Crippen LogP) is 0.832. The molecule has 1 aromatic rings. The summed E-state index contributed by atoms with van der Waals surface area (Å²) in [7, 11) is 0. The van der Waals surface area contributed by atoms with Gasteiger partial charge in [-0.25, -0.2) is 0 Å². The summed E-state index contributed by atoms with van der Waals surface area (Å²) in [4.78, 5) is 2.09. The van der Waals surface area contributed by atoms with Crippen LogP contribution in [0.25, 0.3) is 0 Å². The molecule has 0 spiro atoms. The second-order valence-electron chi connectivity index (χ2n) is 4.56. The maximum absolute atomic E-state index is 9.50. The van der Waals surface area contributed by atoms with Crippen LogP contribution in [0.1, 0.15) is 19.4 Å². The minimum atomic E-state index is -0.706. The number of nitrogens with zero attached hydrogens (tertiary/aromatic N) is 1. The van der Waals surface area contributed by atoms with Gasteiger partial charge in [0, 0.05) is 24.8 Å². The minimum Gasteiger partial charge on any atom is -0.398 e. The van der Waals surface area contributed by atoms with Crippen molar-refractivity contribution in [3.05, 3.63) is 29.8 Å². The van der Waals surface area contributed by atoms with Crippen LogP contribution in [0, 0.1) is 0 Å². The Morgan fingerprint density at radius 2 is 1.94 bits per heavy atom. The molecule has 1 unspecified atom stereocenters. The van der Waals surface area contributed by atoms with Crippen molar-refractivity contribution < 1.29 is 10.2 Å². The van der Waals surface area contributed by atoms with Gasteiger partial charge in [-0.05, 0) is 25.5 Å². The first-order valence-corrected chi connectivity index (χ1v) is 5.91. The lowest BCUT2D eigenvalue weighted by Gasteiger charge is -2.28. The SMILES string of the molecule is CC(C)N(Cc1ccccc1N)CC(O)CO. The molecule has 17 heavy (non-hydrogen) atoms. The van der Waals surface area contributed by atoms with Crippen molar-refractivity contribution in [1.82, 2.24) is 4.90 Å². The molecule has 0 saturated carbocycles. The fourth-order valence-corrected chi connectivity index (χ4v) is 1.68. The number of nitrogens with two attached hydrogens (primary N) is 1. The highest BCUT2D eigenvalue weighted by Gasteiger charge is 2.15. The zero-order valence-corrected chi connectivity index (χ0v) is 10.5. The molecule has 0 aliphatic heterocycles. The van der Waals surface area contributed by atoms with Crippen LogP contribution < -0.4 is 5.73 Å². The third kappa shape index (κ3) is 4.34. The number of benzene rings is 1. The van der Waals surface area contributed by atoms with Crippen molar-refractivity contribution in [3.8, 4) is 0 Å². The Morgan fingerprint density at radius 3 is 2.47 bits per heavy atom. The van der Waals surface area contributed by atoms with Crippen molar-refractivity contribution in [2.45, 2.75) is 32.5 Å². The van der Waals surface area contributed by atoms with Crippen molar-refractivity contribution in [2.75, 3.05) is 18.9 Å². The van der Waals surface area contributed by atoms with Crippen molar-refractivity contribution in [3.63, 3.8) is 0 Å². The molecule has 1 rings (SSSR count). The largest absolute Gasteiger partial charge is 0.398 e. The molecule has 4 nitrogen and oxygen atoms in total. The number of nitrogen functional groups attached to an aromatic ring is 1. The molecule has 96 valence electrons. The quantitative estimate of drug-likeness (QED) is 0.642. The van der Waals surface area contributed by atoms with E-state index in [1.165, 1.54) is 0 Å². The Balaban J connectivity index is 2.70. The molecule has 0 amide bonds. The van der Waals surface area contributed by atoms with Gasteiger partial charge in [-0.15, -0.1) is 0 Å². The Bertz CT molecular complexity index is 342. The number of hydrogen-bond acceptors (Lipinski definition) is 4. The maximum Gasteiger partial charge on any atom is 0.0897 e. The molecule has 0 radical (unpaired) electrons. The van der Waals surface area contributed by atoms with Crippen LogP contribution in [0.3, 0.4) is 0 Å². The molecule has 0 aliphatic carbocycles. The van der Waals surface area contributed by atoms with Crippen LogP contribution in [0.5, 0.6) is 0 Å². The second kappa shape index (κ2) is 6.59. The first-order valence-electron chi connectivity index (χ1n) is 5.91. The number of aliphatic hydroxyl groups excluding tert-OH is 2. The predicted molar refractivity (Wildman–Crippen MR) is 69.5 cm³/mol. The molecule has 0 saturated heterocycles. The second-order valence-corrected chi connectivity index (χ2v) is 4.56.